The van der Waals surface area contributed by atoms with E-state index in [0.717, 1.165) is 12.8 Å². The summed E-state index contributed by atoms with van der Waals surface area (Å²) >= 11 is 0. The number of carbonyl (C=O) groups is 1. The Morgan fingerprint density at radius 2 is 2.19 bits per heavy atom. The van der Waals surface area contributed by atoms with Gasteiger partial charge in [0.2, 0.25) is 5.91 Å². The molecule has 1 aromatic carbocycles. The fourth-order valence-corrected chi connectivity index (χ4v) is 1.24. The van der Waals surface area contributed by atoms with Crippen molar-refractivity contribution in [1.82, 2.24) is 5.32 Å². The van der Waals surface area contributed by atoms with Gasteiger partial charge < -0.3 is 10.4 Å². The Morgan fingerprint density at radius 1 is 1.44 bits per heavy atom. The van der Waals surface area contributed by atoms with E-state index in [4.69, 9.17) is 0 Å². The molecule has 3 heteroatoms. The molecule has 1 aromatic rings. The van der Waals surface area contributed by atoms with Crippen LogP contribution in [0.2, 0.25) is 0 Å². The maximum absolute atomic E-state index is 11.3. The molecule has 0 bridgehead atoms. The molecule has 1 rings (SSSR count). The van der Waals surface area contributed by atoms with Crippen molar-refractivity contribution in [2.75, 3.05) is 6.54 Å². The third-order valence-electron chi connectivity index (χ3n) is 2.18. The van der Waals surface area contributed by atoms with Gasteiger partial charge in [-0.3, -0.25) is 4.79 Å². The normalized spacial score (nSPS) is 10.6. The van der Waals surface area contributed by atoms with Crippen molar-refractivity contribution in [2.45, 2.75) is 19.8 Å². The number of amides is 1. The molecule has 2 N–H and O–H groups in total. The van der Waals surface area contributed by atoms with Crippen LogP contribution in [0.1, 0.15) is 25.3 Å². The van der Waals surface area contributed by atoms with Crippen molar-refractivity contribution in [3.63, 3.8) is 0 Å². The van der Waals surface area contributed by atoms with E-state index in [9.17, 15) is 9.90 Å². The largest absolute Gasteiger partial charge is 0.507 e. The van der Waals surface area contributed by atoms with Gasteiger partial charge in [0.05, 0.1) is 0 Å². The van der Waals surface area contributed by atoms with Crippen molar-refractivity contribution in [2.24, 2.45) is 0 Å². The highest BCUT2D eigenvalue weighted by Gasteiger charge is 1.96. The van der Waals surface area contributed by atoms with Crippen LogP contribution in [0.5, 0.6) is 5.75 Å². The second-order valence-electron chi connectivity index (χ2n) is 3.54. The molecule has 0 aromatic heterocycles. The molecule has 0 spiro atoms. The Morgan fingerprint density at radius 3 is 2.88 bits per heavy atom. The van der Waals surface area contributed by atoms with Crippen molar-refractivity contribution in [1.29, 1.82) is 0 Å². The molecule has 0 atom stereocenters. The molecule has 1 amide bonds. The van der Waals surface area contributed by atoms with Gasteiger partial charge in [0.25, 0.3) is 0 Å². The molecule has 86 valence electrons. The second-order valence-corrected chi connectivity index (χ2v) is 3.54. The predicted molar refractivity (Wildman–Crippen MR) is 65.1 cm³/mol. The van der Waals surface area contributed by atoms with Gasteiger partial charge in [0, 0.05) is 18.2 Å². The molecule has 0 unspecified atom stereocenters. The summed E-state index contributed by atoms with van der Waals surface area (Å²) in [6.45, 7) is 2.77. The van der Waals surface area contributed by atoms with Crippen LogP contribution < -0.4 is 5.32 Å². The van der Waals surface area contributed by atoms with Gasteiger partial charge in [-0.05, 0) is 18.6 Å². The van der Waals surface area contributed by atoms with Gasteiger partial charge >= 0.3 is 0 Å². The average molecular weight is 219 g/mol. The van der Waals surface area contributed by atoms with Gasteiger partial charge in [-0.2, -0.15) is 0 Å². The molecule has 0 radical (unpaired) electrons. The summed E-state index contributed by atoms with van der Waals surface area (Å²) in [4.78, 5) is 11.3. The van der Waals surface area contributed by atoms with E-state index in [1.54, 1.807) is 24.3 Å². The van der Waals surface area contributed by atoms with Crippen LogP contribution in [-0.4, -0.2) is 17.6 Å². The van der Waals surface area contributed by atoms with Crippen LogP contribution in [0, 0.1) is 0 Å². The van der Waals surface area contributed by atoms with Crippen molar-refractivity contribution in [3.05, 3.63) is 35.9 Å². The van der Waals surface area contributed by atoms with Crippen molar-refractivity contribution < 1.29 is 9.90 Å². The zero-order valence-electron chi connectivity index (χ0n) is 9.44. The average Bonchev–Trinajstić information content (AvgIpc) is 2.28. The third kappa shape index (κ3) is 4.17. The number of aromatic hydroxyl groups is 1. The SMILES string of the molecule is CCCCNC(=O)/C=C/c1ccccc1O. The smallest absolute Gasteiger partial charge is 0.244 e. The topological polar surface area (TPSA) is 49.3 Å². The minimum absolute atomic E-state index is 0.128. The van der Waals surface area contributed by atoms with Gasteiger partial charge in [-0.25, -0.2) is 0 Å². The molecule has 16 heavy (non-hydrogen) atoms. The molecule has 0 heterocycles. The van der Waals surface area contributed by atoms with Crippen LogP contribution in [0.15, 0.2) is 30.3 Å². The number of para-hydroxylation sites is 1. The highest BCUT2D eigenvalue weighted by Crippen LogP contribution is 2.16. The molecular formula is C13H17NO2. The maximum atomic E-state index is 11.3. The monoisotopic (exact) mass is 219 g/mol. The Kier molecular flexibility index (Phi) is 5.12. The van der Waals surface area contributed by atoms with Crippen LogP contribution in [-0.2, 0) is 4.79 Å². The van der Waals surface area contributed by atoms with Crippen LogP contribution in [0.25, 0.3) is 6.08 Å². The first-order chi connectivity index (χ1) is 7.74. The zero-order valence-corrected chi connectivity index (χ0v) is 9.44. The second kappa shape index (κ2) is 6.67. The molecule has 0 aliphatic carbocycles. The third-order valence-corrected chi connectivity index (χ3v) is 2.18. The van der Waals surface area contributed by atoms with E-state index in [1.807, 2.05) is 6.07 Å². The van der Waals surface area contributed by atoms with E-state index < -0.39 is 0 Å². The first kappa shape index (κ1) is 12.3. The summed E-state index contributed by atoms with van der Waals surface area (Å²) in [6.07, 6.45) is 5.08. The van der Waals surface area contributed by atoms with E-state index in [2.05, 4.69) is 12.2 Å². The van der Waals surface area contributed by atoms with E-state index in [1.165, 1.54) is 6.08 Å². The number of phenolic OH excluding ortho intramolecular Hbond substituents is 1. The lowest BCUT2D eigenvalue weighted by Gasteiger charge is -2.00. The molecule has 0 saturated heterocycles. The maximum Gasteiger partial charge on any atom is 0.244 e. The first-order valence-corrected chi connectivity index (χ1v) is 5.48. The Bertz CT molecular complexity index is 372. The number of unbranched alkanes of at least 4 members (excludes halogenated alkanes) is 1. The fraction of sp³-hybridized carbons (Fsp3) is 0.308. The van der Waals surface area contributed by atoms with E-state index in [-0.39, 0.29) is 11.7 Å². The lowest BCUT2D eigenvalue weighted by atomic mass is 10.2. The Labute approximate surface area is 95.8 Å². The zero-order chi connectivity index (χ0) is 11.8. The lowest BCUT2D eigenvalue weighted by Crippen LogP contribution is -2.21. The Balaban J connectivity index is 2.47. The number of phenols is 1. The quantitative estimate of drug-likeness (QED) is 0.590. The Hall–Kier alpha value is -1.77. The lowest BCUT2D eigenvalue weighted by molar-refractivity contribution is -0.116. The van der Waals surface area contributed by atoms with E-state index in [0.29, 0.717) is 12.1 Å². The summed E-state index contributed by atoms with van der Waals surface area (Å²) in [6, 6.07) is 6.90. The van der Waals surface area contributed by atoms with Crippen LogP contribution in [0.4, 0.5) is 0 Å². The summed E-state index contributed by atoms with van der Waals surface area (Å²) in [5, 5.41) is 12.2. The highest BCUT2D eigenvalue weighted by molar-refractivity contribution is 5.92. The first-order valence-electron chi connectivity index (χ1n) is 5.48. The van der Waals surface area contributed by atoms with Crippen molar-refractivity contribution >= 4 is 12.0 Å². The molecule has 0 fully saturated rings. The minimum Gasteiger partial charge on any atom is -0.507 e. The number of carbonyl (C=O) groups excluding carboxylic acids is 1. The van der Waals surface area contributed by atoms with Gasteiger partial charge in [-0.1, -0.05) is 31.5 Å². The molecule has 0 aliphatic rings. The number of nitrogens with one attached hydrogen (secondary N) is 1. The standard InChI is InChI=1S/C13H17NO2/c1-2-3-10-14-13(16)9-8-11-6-4-5-7-12(11)15/h4-9,15H,2-3,10H2,1H3,(H,14,16)/b9-8+. The number of hydrogen-bond acceptors (Lipinski definition) is 2. The molecule has 0 aliphatic heterocycles. The highest BCUT2D eigenvalue weighted by atomic mass is 16.3. The summed E-state index contributed by atoms with van der Waals surface area (Å²) in [5.74, 6) is 0.0526. The number of rotatable bonds is 5. The van der Waals surface area contributed by atoms with Gasteiger partial charge in [0.15, 0.2) is 0 Å². The fourth-order valence-electron chi connectivity index (χ4n) is 1.24. The summed E-state index contributed by atoms with van der Waals surface area (Å²) in [5.41, 5.74) is 0.646. The van der Waals surface area contributed by atoms with Crippen LogP contribution >= 0.6 is 0 Å². The molecular weight excluding hydrogens is 202 g/mol. The minimum atomic E-state index is -0.128. The van der Waals surface area contributed by atoms with Gasteiger partial charge in [-0.15, -0.1) is 0 Å². The molecule has 0 saturated carbocycles. The van der Waals surface area contributed by atoms with E-state index >= 15 is 0 Å². The van der Waals surface area contributed by atoms with Crippen LogP contribution in [0.3, 0.4) is 0 Å². The number of benzene rings is 1. The predicted octanol–water partition coefficient (Wildman–Crippen LogP) is 2.32. The summed E-state index contributed by atoms with van der Waals surface area (Å²) in [7, 11) is 0. The number of hydrogen-bond donors (Lipinski definition) is 2. The summed E-state index contributed by atoms with van der Waals surface area (Å²) < 4.78 is 0. The van der Waals surface area contributed by atoms with Gasteiger partial charge in [0.1, 0.15) is 5.75 Å². The molecule has 3 nitrogen and oxygen atoms in total. The van der Waals surface area contributed by atoms with Crippen molar-refractivity contribution in [3.8, 4) is 5.75 Å².